The van der Waals surface area contributed by atoms with E-state index < -0.39 is 0 Å². The summed E-state index contributed by atoms with van der Waals surface area (Å²) in [5.41, 5.74) is 2.67. The van der Waals surface area contributed by atoms with E-state index >= 15 is 0 Å². The molecular weight excluding hydrogens is 327 g/mol. The number of nitrogens with one attached hydrogen (secondary N) is 1. The van der Waals surface area contributed by atoms with Crippen molar-refractivity contribution in [2.75, 3.05) is 13.7 Å². The normalized spacial score (nSPS) is 18.4. The van der Waals surface area contributed by atoms with Crippen LogP contribution in [0.4, 0.5) is 4.39 Å². The van der Waals surface area contributed by atoms with Gasteiger partial charge in [0.25, 0.3) is 0 Å². The lowest BCUT2D eigenvalue weighted by Crippen LogP contribution is -2.17. The highest BCUT2D eigenvalue weighted by atomic mass is 35.5. The predicted octanol–water partition coefficient (Wildman–Crippen LogP) is 4.02. The fourth-order valence-corrected chi connectivity index (χ4v) is 3.02. The van der Waals surface area contributed by atoms with E-state index in [1.807, 2.05) is 24.3 Å². The van der Waals surface area contributed by atoms with E-state index in [2.05, 4.69) is 11.4 Å². The van der Waals surface area contributed by atoms with Crippen LogP contribution in [-0.4, -0.2) is 13.7 Å². The van der Waals surface area contributed by atoms with Crippen molar-refractivity contribution in [3.63, 3.8) is 0 Å². The Labute approximate surface area is 147 Å². The fourth-order valence-electron chi connectivity index (χ4n) is 3.02. The molecule has 1 N–H and O–H groups in total. The summed E-state index contributed by atoms with van der Waals surface area (Å²) in [6.45, 7) is 1.53. The summed E-state index contributed by atoms with van der Waals surface area (Å²) in [5.74, 6) is 1.37. The Morgan fingerprint density at radius 2 is 2.08 bits per heavy atom. The first-order valence-electron chi connectivity index (χ1n) is 7.75. The van der Waals surface area contributed by atoms with Gasteiger partial charge in [0.05, 0.1) is 18.7 Å². The van der Waals surface area contributed by atoms with Crippen LogP contribution in [0, 0.1) is 23.1 Å². The highest BCUT2D eigenvalue weighted by molar-refractivity contribution is 5.85. The molecule has 0 saturated heterocycles. The van der Waals surface area contributed by atoms with Crippen LogP contribution in [0.3, 0.4) is 0 Å². The maximum Gasteiger partial charge on any atom is 0.123 e. The SMILES string of the molecule is COc1ccc(F)cc1C1CC1CNCc1ccccc1C#N.Cl. The van der Waals surface area contributed by atoms with Gasteiger partial charge in [-0.05, 0) is 54.6 Å². The molecule has 24 heavy (non-hydrogen) atoms. The third-order valence-corrected chi connectivity index (χ3v) is 4.37. The molecule has 2 unspecified atom stereocenters. The second-order valence-corrected chi connectivity index (χ2v) is 5.89. The van der Waals surface area contributed by atoms with Gasteiger partial charge in [-0.25, -0.2) is 4.39 Å². The largest absolute Gasteiger partial charge is 0.496 e. The molecule has 1 aliphatic rings. The van der Waals surface area contributed by atoms with E-state index in [9.17, 15) is 4.39 Å². The molecule has 0 aromatic heterocycles. The van der Waals surface area contributed by atoms with E-state index in [4.69, 9.17) is 10.00 Å². The fraction of sp³-hybridized carbons (Fsp3) is 0.316. The topological polar surface area (TPSA) is 45.0 Å². The lowest BCUT2D eigenvalue weighted by Gasteiger charge is -2.09. The Morgan fingerprint density at radius 3 is 2.83 bits per heavy atom. The first-order valence-corrected chi connectivity index (χ1v) is 7.75. The van der Waals surface area contributed by atoms with Crippen LogP contribution in [-0.2, 0) is 6.54 Å². The lowest BCUT2D eigenvalue weighted by molar-refractivity contribution is 0.407. The average Bonchev–Trinajstić information content (AvgIpc) is 3.34. The van der Waals surface area contributed by atoms with Crippen molar-refractivity contribution in [2.45, 2.75) is 18.9 Å². The summed E-state index contributed by atoms with van der Waals surface area (Å²) in [7, 11) is 1.62. The zero-order chi connectivity index (χ0) is 16.2. The maximum absolute atomic E-state index is 13.5. The van der Waals surface area contributed by atoms with Crippen LogP contribution >= 0.6 is 12.4 Å². The van der Waals surface area contributed by atoms with Crippen LogP contribution in [0.25, 0.3) is 0 Å². The molecule has 0 amide bonds. The number of rotatable bonds is 6. The number of hydrogen-bond acceptors (Lipinski definition) is 3. The molecule has 5 heteroatoms. The van der Waals surface area contributed by atoms with Gasteiger partial charge in [-0.2, -0.15) is 5.26 Å². The second-order valence-electron chi connectivity index (χ2n) is 5.89. The van der Waals surface area contributed by atoms with Crippen LogP contribution in [0.2, 0.25) is 0 Å². The van der Waals surface area contributed by atoms with E-state index in [1.165, 1.54) is 6.07 Å². The van der Waals surface area contributed by atoms with Crippen LogP contribution in [0.5, 0.6) is 5.75 Å². The Kier molecular flexibility index (Phi) is 6.19. The van der Waals surface area contributed by atoms with Gasteiger partial charge in [-0.1, -0.05) is 18.2 Å². The van der Waals surface area contributed by atoms with Gasteiger partial charge in [0.2, 0.25) is 0 Å². The Balaban J connectivity index is 0.00000208. The molecule has 3 nitrogen and oxygen atoms in total. The molecular formula is C19H20ClFN2O. The molecule has 1 saturated carbocycles. The summed E-state index contributed by atoms with van der Waals surface area (Å²) in [6.07, 6.45) is 1.03. The minimum absolute atomic E-state index is 0. The first-order chi connectivity index (χ1) is 11.2. The van der Waals surface area contributed by atoms with Gasteiger partial charge in [-0.3, -0.25) is 0 Å². The molecule has 0 radical (unpaired) electrons. The molecule has 0 bridgehead atoms. The average molecular weight is 347 g/mol. The van der Waals surface area contributed by atoms with E-state index in [1.54, 1.807) is 19.2 Å². The predicted molar refractivity (Wildman–Crippen MR) is 93.9 cm³/mol. The smallest absolute Gasteiger partial charge is 0.123 e. The van der Waals surface area contributed by atoms with Gasteiger partial charge in [0.15, 0.2) is 0 Å². The molecule has 0 spiro atoms. The number of benzene rings is 2. The summed E-state index contributed by atoms with van der Waals surface area (Å²) in [5, 5.41) is 12.5. The number of nitrogens with zero attached hydrogens (tertiary/aromatic N) is 1. The first kappa shape index (κ1) is 18.3. The van der Waals surface area contributed by atoms with Crippen molar-refractivity contribution >= 4 is 12.4 Å². The minimum Gasteiger partial charge on any atom is -0.496 e. The third-order valence-electron chi connectivity index (χ3n) is 4.37. The Hall–Kier alpha value is -2.09. The van der Waals surface area contributed by atoms with Crippen LogP contribution < -0.4 is 10.1 Å². The Bertz CT molecular complexity index is 744. The molecule has 1 aliphatic carbocycles. The van der Waals surface area contributed by atoms with Gasteiger partial charge < -0.3 is 10.1 Å². The maximum atomic E-state index is 13.5. The molecule has 2 aromatic rings. The quantitative estimate of drug-likeness (QED) is 0.859. The summed E-state index contributed by atoms with van der Waals surface area (Å²) in [6, 6.07) is 14.5. The van der Waals surface area contributed by atoms with Gasteiger partial charge in [0.1, 0.15) is 11.6 Å². The van der Waals surface area contributed by atoms with Crippen molar-refractivity contribution < 1.29 is 9.13 Å². The molecule has 1 fully saturated rings. The summed E-state index contributed by atoms with van der Waals surface area (Å²) < 4.78 is 18.8. The van der Waals surface area contributed by atoms with Crippen molar-refractivity contribution in [1.82, 2.24) is 5.32 Å². The number of ether oxygens (including phenoxy) is 1. The van der Waals surface area contributed by atoms with E-state index in [0.29, 0.717) is 23.9 Å². The van der Waals surface area contributed by atoms with Gasteiger partial charge >= 0.3 is 0 Å². The zero-order valence-electron chi connectivity index (χ0n) is 13.5. The van der Waals surface area contributed by atoms with Gasteiger partial charge in [-0.15, -0.1) is 12.4 Å². The van der Waals surface area contributed by atoms with Crippen LogP contribution in [0.1, 0.15) is 29.0 Å². The highest BCUT2D eigenvalue weighted by Crippen LogP contribution is 2.50. The molecule has 0 aliphatic heterocycles. The zero-order valence-corrected chi connectivity index (χ0v) is 14.3. The number of methoxy groups -OCH3 is 1. The van der Waals surface area contributed by atoms with Crippen molar-refractivity contribution in [2.24, 2.45) is 5.92 Å². The third kappa shape index (κ3) is 4.05. The number of halogens is 2. The number of nitriles is 1. The monoisotopic (exact) mass is 346 g/mol. The molecule has 2 atom stereocenters. The van der Waals surface area contributed by atoms with Crippen molar-refractivity contribution in [1.29, 1.82) is 5.26 Å². The molecule has 126 valence electrons. The van der Waals surface area contributed by atoms with E-state index in [-0.39, 0.29) is 18.2 Å². The Morgan fingerprint density at radius 1 is 1.29 bits per heavy atom. The summed E-state index contributed by atoms with van der Waals surface area (Å²) >= 11 is 0. The van der Waals surface area contributed by atoms with Gasteiger partial charge in [0, 0.05) is 12.1 Å². The summed E-state index contributed by atoms with van der Waals surface area (Å²) in [4.78, 5) is 0. The lowest BCUT2D eigenvalue weighted by atomic mass is 10.1. The standard InChI is InChI=1S/C19H19FN2O.ClH/c1-23-19-7-6-16(20)9-18(19)17-8-15(17)12-22-11-14-5-3-2-4-13(14)10-21;/h2-7,9,15,17,22H,8,11-12H2,1H3;1H. The van der Waals surface area contributed by atoms with Crippen molar-refractivity contribution in [3.8, 4) is 11.8 Å². The molecule has 3 rings (SSSR count). The van der Waals surface area contributed by atoms with Crippen molar-refractivity contribution in [3.05, 3.63) is 65.0 Å². The highest BCUT2D eigenvalue weighted by Gasteiger charge is 2.39. The molecule has 0 heterocycles. The minimum atomic E-state index is -0.220. The van der Waals surface area contributed by atoms with E-state index in [0.717, 1.165) is 29.8 Å². The second kappa shape index (κ2) is 8.14. The molecule has 2 aromatic carbocycles. The van der Waals surface area contributed by atoms with Crippen LogP contribution in [0.15, 0.2) is 42.5 Å². The number of hydrogen-bond donors (Lipinski definition) is 1.